The molecular formula is C16H18BrN3OS. The lowest BCUT2D eigenvalue weighted by atomic mass is 10.1. The van der Waals surface area contributed by atoms with Crippen molar-refractivity contribution in [1.82, 2.24) is 9.78 Å². The fourth-order valence-electron chi connectivity index (χ4n) is 2.44. The molecule has 1 amide bonds. The highest BCUT2D eigenvalue weighted by Gasteiger charge is 2.28. The van der Waals surface area contributed by atoms with Gasteiger partial charge in [0.15, 0.2) is 0 Å². The third kappa shape index (κ3) is 2.94. The summed E-state index contributed by atoms with van der Waals surface area (Å²) in [6.45, 7) is 6.28. The SMILES string of the molecule is CC(C)(C)n1nc2c(c1NC(=O)c1cccc(Br)c1)CSC2. The molecule has 1 N–H and O–H groups in total. The first-order valence-corrected chi connectivity index (χ1v) is 9.07. The van der Waals surface area contributed by atoms with Crippen LogP contribution in [0.2, 0.25) is 0 Å². The van der Waals surface area contributed by atoms with E-state index < -0.39 is 0 Å². The Hall–Kier alpha value is -1.27. The third-order valence-corrected chi connectivity index (χ3v) is 4.97. The lowest BCUT2D eigenvalue weighted by Gasteiger charge is -2.23. The second kappa shape index (κ2) is 5.74. The van der Waals surface area contributed by atoms with E-state index in [4.69, 9.17) is 5.10 Å². The molecule has 6 heteroatoms. The van der Waals surface area contributed by atoms with Crippen LogP contribution >= 0.6 is 27.7 Å². The molecular weight excluding hydrogens is 362 g/mol. The van der Waals surface area contributed by atoms with Gasteiger partial charge >= 0.3 is 0 Å². The van der Waals surface area contributed by atoms with Crippen molar-refractivity contribution in [3.63, 3.8) is 0 Å². The Balaban J connectivity index is 1.97. The minimum absolute atomic E-state index is 0.105. The molecule has 4 nitrogen and oxygen atoms in total. The van der Waals surface area contributed by atoms with Crippen molar-refractivity contribution >= 4 is 39.4 Å². The monoisotopic (exact) mass is 379 g/mol. The Morgan fingerprint density at radius 2 is 2.14 bits per heavy atom. The van der Waals surface area contributed by atoms with Crippen molar-refractivity contribution in [2.24, 2.45) is 0 Å². The fourth-order valence-corrected chi connectivity index (χ4v) is 3.87. The van der Waals surface area contributed by atoms with E-state index in [-0.39, 0.29) is 11.4 Å². The number of aromatic nitrogens is 2. The molecule has 0 radical (unpaired) electrons. The van der Waals surface area contributed by atoms with E-state index in [2.05, 4.69) is 42.0 Å². The van der Waals surface area contributed by atoms with Gasteiger partial charge in [0, 0.05) is 27.1 Å². The van der Waals surface area contributed by atoms with Crippen molar-refractivity contribution in [3.05, 3.63) is 45.6 Å². The Bertz CT molecular complexity index is 733. The molecule has 0 saturated heterocycles. The van der Waals surface area contributed by atoms with Crippen LogP contribution < -0.4 is 5.32 Å². The van der Waals surface area contributed by atoms with Gasteiger partial charge in [-0.3, -0.25) is 4.79 Å². The van der Waals surface area contributed by atoms with Crippen molar-refractivity contribution < 1.29 is 4.79 Å². The zero-order valence-corrected chi connectivity index (χ0v) is 15.2. The summed E-state index contributed by atoms with van der Waals surface area (Å²) in [5, 5.41) is 7.77. The maximum atomic E-state index is 12.6. The highest BCUT2D eigenvalue weighted by atomic mass is 79.9. The van der Waals surface area contributed by atoms with E-state index in [1.807, 2.05) is 40.7 Å². The molecule has 0 unspecified atom stereocenters. The number of rotatable bonds is 2. The molecule has 0 aliphatic carbocycles. The number of fused-ring (bicyclic) bond motifs is 1. The largest absolute Gasteiger partial charge is 0.306 e. The molecule has 0 atom stereocenters. The summed E-state index contributed by atoms with van der Waals surface area (Å²) >= 11 is 5.24. The van der Waals surface area contributed by atoms with Gasteiger partial charge in [-0.15, -0.1) is 0 Å². The number of benzene rings is 1. The summed E-state index contributed by atoms with van der Waals surface area (Å²) in [6, 6.07) is 7.40. The zero-order valence-electron chi connectivity index (χ0n) is 12.8. The Morgan fingerprint density at radius 3 is 2.82 bits per heavy atom. The van der Waals surface area contributed by atoms with Crippen LogP contribution in [-0.4, -0.2) is 15.7 Å². The van der Waals surface area contributed by atoms with Crippen LogP contribution in [0.15, 0.2) is 28.7 Å². The summed E-state index contributed by atoms with van der Waals surface area (Å²) < 4.78 is 2.83. The molecule has 0 spiro atoms. The van der Waals surface area contributed by atoms with Gasteiger partial charge in [0.2, 0.25) is 0 Å². The van der Waals surface area contributed by atoms with Crippen molar-refractivity contribution in [2.45, 2.75) is 37.8 Å². The number of amides is 1. The number of hydrogen-bond donors (Lipinski definition) is 1. The molecule has 1 aromatic heterocycles. The quantitative estimate of drug-likeness (QED) is 0.840. The average Bonchev–Trinajstić information content (AvgIpc) is 3.00. The average molecular weight is 380 g/mol. The lowest BCUT2D eigenvalue weighted by Crippen LogP contribution is -2.27. The highest BCUT2D eigenvalue weighted by molar-refractivity contribution is 9.10. The van der Waals surface area contributed by atoms with Crippen LogP contribution in [0.25, 0.3) is 0 Å². The number of nitrogens with one attached hydrogen (secondary N) is 1. The minimum Gasteiger partial charge on any atom is -0.306 e. The molecule has 116 valence electrons. The number of nitrogens with zero attached hydrogens (tertiary/aromatic N) is 2. The van der Waals surface area contributed by atoms with Crippen LogP contribution in [0.5, 0.6) is 0 Å². The van der Waals surface area contributed by atoms with Gasteiger partial charge in [-0.25, -0.2) is 4.68 Å². The second-order valence-corrected chi connectivity index (χ2v) is 8.22. The van der Waals surface area contributed by atoms with Crippen molar-refractivity contribution in [1.29, 1.82) is 0 Å². The number of anilines is 1. The second-order valence-electron chi connectivity index (χ2n) is 6.31. The van der Waals surface area contributed by atoms with E-state index in [9.17, 15) is 4.79 Å². The maximum Gasteiger partial charge on any atom is 0.256 e. The van der Waals surface area contributed by atoms with Crippen LogP contribution in [-0.2, 0) is 17.0 Å². The topological polar surface area (TPSA) is 46.9 Å². The molecule has 2 heterocycles. The standard InChI is InChI=1S/C16H18BrN3OS/c1-16(2,3)20-14(12-8-22-9-13(12)19-20)18-15(21)10-5-4-6-11(17)7-10/h4-7H,8-9H2,1-3H3,(H,18,21). The summed E-state index contributed by atoms with van der Waals surface area (Å²) in [4.78, 5) is 12.6. The normalized spacial score (nSPS) is 14.0. The van der Waals surface area contributed by atoms with Crippen LogP contribution in [0.3, 0.4) is 0 Å². The Morgan fingerprint density at radius 1 is 1.36 bits per heavy atom. The molecule has 0 saturated carbocycles. The smallest absolute Gasteiger partial charge is 0.256 e. The van der Waals surface area contributed by atoms with Crippen LogP contribution in [0.1, 0.15) is 42.4 Å². The Labute approximate surface area is 142 Å². The molecule has 1 aromatic carbocycles. The van der Waals surface area contributed by atoms with Gasteiger partial charge in [0.05, 0.1) is 11.2 Å². The van der Waals surface area contributed by atoms with E-state index in [0.29, 0.717) is 5.56 Å². The van der Waals surface area contributed by atoms with Crippen LogP contribution in [0.4, 0.5) is 5.82 Å². The van der Waals surface area contributed by atoms with Gasteiger partial charge in [0.25, 0.3) is 5.91 Å². The summed E-state index contributed by atoms with van der Waals surface area (Å²) in [7, 11) is 0. The number of carbonyl (C=O) groups is 1. The summed E-state index contributed by atoms with van der Waals surface area (Å²) in [5.74, 6) is 2.54. The first-order valence-electron chi connectivity index (χ1n) is 7.12. The maximum absolute atomic E-state index is 12.6. The predicted octanol–water partition coefficient (Wildman–Crippen LogP) is 4.40. The van der Waals surface area contributed by atoms with Gasteiger partial charge in [-0.1, -0.05) is 22.0 Å². The number of carbonyl (C=O) groups excluding carboxylic acids is 1. The van der Waals surface area contributed by atoms with Gasteiger partial charge in [0.1, 0.15) is 5.82 Å². The lowest BCUT2D eigenvalue weighted by molar-refractivity contribution is 0.102. The number of hydrogen-bond acceptors (Lipinski definition) is 3. The fraction of sp³-hybridized carbons (Fsp3) is 0.375. The third-order valence-electron chi connectivity index (χ3n) is 3.51. The summed E-state index contributed by atoms with van der Waals surface area (Å²) in [5.41, 5.74) is 2.71. The van der Waals surface area contributed by atoms with E-state index in [1.165, 1.54) is 0 Å². The predicted molar refractivity (Wildman–Crippen MR) is 94.3 cm³/mol. The van der Waals surface area contributed by atoms with E-state index in [1.54, 1.807) is 0 Å². The Kier molecular flexibility index (Phi) is 4.07. The molecule has 1 aliphatic heterocycles. The number of halogens is 1. The molecule has 22 heavy (non-hydrogen) atoms. The van der Waals surface area contributed by atoms with Gasteiger partial charge in [-0.05, 0) is 39.0 Å². The first kappa shape index (κ1) is 15.6. The van der Waals surface area contributed by atoms with Crippen molar-refractivity contribution in [2.75, 3.05) is 5.32 Å². The van der Waals surface area contributed by atoms with Crippen LogP contribution in [0, 0.1) is 0 Å². The zero-order chi connectivity index (χ0) is 15.9. The molecule has 1 aliphatic rings. The summed E-state index contributed by atoms with van der Waals surface area (Å²) in [6.07, 6.45) is 0. The van der Waals surface area contributed by atoms with Gasteiger partial charge < -0.3 is 5.32 Å². The van der Waals surface area contributed by atoms with E-state index in [0.717, 1.165) is 33.1 Å². The highest BCUT2D eigenvalue weighted by Crippen LogP contribution is 2.37. The van der Waals surface area contributed by atoms with Gasteiger partial charge in [-0.2, -0.15) is 16.9 Å². The molecule has 2 aromatic rings. The van der Waals surface area contributed by atoms with Crippen molar-refractivity contribution in [3.8, 4) is 0 Å². The minimum atomic E-state index is -0.172. The molecule has 0 bridgehead atoms. The molecule has 3 rings (SSSR count). The van der Waals surface area contributed by atoms with E-state index >= 15 is 0 Å². The molecule has 0 fully saturated rings. The first-order chi connectivity index (χ1) is 10.4. The number of thioether (sulfide) groups is 1.